The van der Waals surface area contributed by atoms with E-state index in [0.29, 0.717) is 19.1 Å². The summed E-state index contributed by atoms with van der Waals surface area (Å²) < 4.78 is 10.4. The second kappa shape index (κ2) is 7.87. The molecule has 136 valence electrons. The molecule has 0 N–H and O–H groups in total. The van der Waals surface area contributed by atoms with Gasteiger partial charge in [0, 0.05) is 38.9 Å². The van der Waals surface area contributed by atoms with Gasteiger partial charge in [0.15, 0.2) is 0 Å². The number of carbonyl (C=O) groups excluding carboxylic acids is 2. The van der Waals surface area contributed by atoms with Gasteiger partial charge < -0.3 is 19.3 Å². The van der Waals surface area contributed by atoms with Crippen molar-refractivity contribution in [1.29, 1.82) is 0 Å². The first-order valence-corrected chi connectivity index (χ1v) is 8.84. The summed E-state index contributed by atoms with van der Waals surface area (Å²) in [7, 11) is 3.31. The topological polar surface area (TPSA) is 59.1 Å². The normalized spacial score (nSPS) is 23.8. The zero-order valence-electron chi connectivity index (χ0n) is 14.9. The molecular weight excluding hydrogens is 320 g/mol. The Balaban J connectivity index is 1.64. The van der Waals surface area contributed by atoms with Crippen LogP contribution in [0.3, 0.4) is 0 Å². The highest BCUT2D eigenvalue weighted by Gasteiger charge is 2.38. The predicted octanol–water partition coefficient (Wildman–Crippen LogP) is 1.93. The van der Waals surface area contributed by atoms with E-state index in [1.165, 1.54) is 0 Å². The highest BCUT2D eigenvalue weighted by atomic mass is 16.5. The van der Waals surface area contributed by atoms with Crippen LogP contribution < -0.4 is 9.64 Å². The third-order valence-electron chi connectivity index (χ3n) is 5.09. The number of rotatable bonds is 5. The van der Waals surface area contributed by atoms with Crippen LogP contribution in [0.4, 0.5) is 5.69 Å². The van der Waals surface area contributed by atoms with Crippen LogP contribution in [-0.2, 0) is 14.3 Å². The number of carbonyl (C=O) groups is 2. The second-order valence-electron chi connectivity index (χ2n) is 6.85. The second-order valence-corrected chi connectivity index (χ2v) is 6.85. The molecule has 0 radical (unpaired) electrons. The summed E-state index contributed by atoms with van der Waals surface area (Å²) in [5.41, 5.74) is 0.817. The van der Waals surface area contributed by atoms with E-state index < -0.39 is 0 Å². The lowest BCUT2D eigenvalue weighted by atomic mass is 9.97. The highest BCUT2D eigenvalue weighted by Crippen LogP contribution is 2.29. The van der Waals surface area contributed by atoms with Crippen molar-refractivity contribution in [2.45, 2.75) is 19.3 Å². The van der Waals surface area contributed by atoms with Crippen LogP contribution in [0.2, 0.25) is 0 Å². The summed E-state index contributed by atoms with van der Waals surface area (Å²) in [6, 6.07) is 7.38. The summed E-state index contributed by atoms with van der Waals surface area (Å²) in [5.74, 6) is 1.01. The van der Waals surface area contributed by atoms with E-state index in [-0.39, 0.29) is 24.2 Å². The Hall–Kier alpha value is -2.08. The Morgan fingerprint density at radius 1 is 1.20 bits per heavy atom. The number of likely N-dealkylation sites (tertiary alicyclic amines) is 1. The molecule has 6 heteroatoms. The van der Waals surface area contributed by atoms with Gasteiger partial charge in [-0.05, 0) is 43.0 Å². The fraction of sp³-hybridized carbons (Fsp3) is 0.579. The smallest absolute Gasteiger partial charge is 0.228 e. The lowest BCUT2D eigenvalue weighted by Crippen LogP contribution is -2.44. The minimum Gasteiger partial charge on any atom is -0.497 e. The van der Waals surface area contributed by atoms with Crippen LogP contribution in [-0.4, -0.2) is 57.2 Å². The molecule has 6 nitrogen and oxygen atoms in total. The fourth-order valence-corrected chi connectivity index (χ4v) is 3.78. The molecule has 2 saturated heterocycles. The van der Waals surface area contributed by atoms with Crippen molar-refractivity contribution >= 4 is 17.5 Å². The average Bonchev–Trinajstić information content (AvgIpc) is 3.03. The van der Waals surface area contributed by atoms with Gasteiger partial charge in [-0.2, -0.15) is 0 Å². The van der Waals surface area contributed by atoms with Crippen molar-refractivity contribution < 1.29 is 19.1 Å². The molecule has 1 aromatic rings. The maximum Gasteiger partial charge on any atom is 0.228 e. The van der Waals surface area contributed by atoms with Gasteiger partial charge in [-0.3, -0.25) is 9.59 Å². The van der Waals surface area contributed by atoms with Crippen LogP contribution in [0.1, 0.15) is 19.3 Å². The quantitative estimate of drug-likeness (QED) is 0.817. The first kappa shape index (κ1) is 17.7. The van der Waals surface area contributed by atoms with Crippen molar-refractivity contribution in [3.05, 3.63) is 24.3 Å². The molecule has 2 heterocycles. The molecule has 0 saturated carbocycles. The average molecular weight is 346 g/mol. The van der Waals surface area contributed by atoms with Crippen LogP contribution in [0.15, 0.2) is 24.3 Å². The van der Waals surface area contributed by atoms with Gasteiger partial charge in [0.05, 0.1) is 19.6 Å². The maximum atomic E-state index is 12.9. The number of ether oxygens (including phenoxy) is 2. The van der Waals surface area contributed by atoms with Gasteiger partial charge in [-0.25, -0.2) is 0 Å². The molecule has 25 heavy (non-hydrogen) atoms. The number of anilines is 1. The van der Waals surface area contributed by atoms with Crippen molar-refractivity contribution in [3.8, 4) is 5.75 Å². The van der Waals surface area contributed by atoms with Gasteiger partial charge in [-0.1, -0.05) is 0 Å². The molecule has 1 aromatic carbocycles. The summed E-state index contributed by atoms with van der Waals surface area (Å²) in [6.07, 6.45) is 2.39. The Bertz CT molecular complexity index is 614. The molecule has 0 spiro atoms. The molecule has 2 aliphatic heterocycles. The van der Waals surface area contributed by atoms with Gasteiger partial charge in [-0.15, -0.1) is 0 Å². The predicted molar refractivity (Wildman–Crippen MR) is 94.6 cm³/mol. The number of nitrogens with zero attached hydrogens (tertiary/aromatic N) is 2. The van der Waals surface area contributed by atoms with Crippen LogP contribution in [0.5, 0.6) is 5.75 Å². The lowest BCUT2D eigenvalue weighted by molar-refractivity contribution is -0.138. The molecule has 2 amide bonds. The molecule has 3 rings (SSSR count). The lowest BCUT2D eigenvalue weighted by Gasteiger charge is -2.34. The molecule has 0 bridgehead atoms. The zero-order chi connectivity index (χ0) is 17.8. The van der Waals surface area contributed by atoms with Crippen molar-refractivity contribution in [2.75, 3.05) is 45.4 Å². The SMILES string of the molecule is COCC1CCCN(C(=O)C2CC(=O)N(c3ccc(OC)cc3)C2)C1. The number of amides is 2. The van der Waals surface area contributed by atoms with E-state index in [1.54, 1.807) is 19.1 Å². The van der Waals surface area contributed by atoms with Gasteiger partial charge in [0.1, 0.15) is 5.75 Å². The van der Waals surface area contributed by atoms with Crippen molar-refractivity contribution in [3.63, 3.8) is 0 Å². The summed E-state index contributed by atoms with van der Waals surface area (Å²) >= 11 is 0. The van der Waals surface area contributed by atoms with E-state index in [1.807, 2.05) is 29.2 Å². The zero-order valence-corrected chi connectivity index (χ0v) is 14.9. The van der Waals surface area contributed by atoms with E-state index >= 15 is 0 Å². The molecule has 2 atom stereocenters. The highest BCUT2D eigenvalue weighted by molar-refractivity contribution is 6.00. The minimum atomic E-state index is -0.254. The van der Waals surface area contributed by atoms with E-state index in [4.69, 9.17) is 9.47 Å². The monoisotopic (exact) mass is 346 g/mol. The molecule has 0 aromatic heterocycles. The Kier molecular flexibility index (Phi) is 5.58. The van der Waals surface area contributed by atoms with E-state index in [0.717, 1.165) is 37.4 Å². The number of hydrogen-bond acceptors (Lipinski definition) is 4. The van der Waals surface area contributed by atoms with Crippen LogP contribution >= 0.6 is 0 Å². The van der Waals surface area contributed by atoms with Gasteiger partial charge >= 0.3 is 0 Å². The van der Waals surface area contributed by atoms with Crippen molar-refractivity contribution in [1.82, 2.24) is 4.90 Å². The van der Waals surface area contributed by atoms with Crippen LogP contribution in [0, 0.1) is 11.8 Å². The maximum absolute atomic E-state index is 12.9. The molecular formula is C19H26N2O4. The first-order valence-electron chi connectivity index (χ1n) is 8.84. The van der Waals surface area contributed by atoms with Gasteiger partial charge in [0.2, 0.25) is 11.8 Å². The van der Waals surface area contributed by atoms with Gasteiger partial charge in [0.25, 0.3) is 0 Å². The first-order chi connectivity index (χ1) is 12.1. The van der Waals surface area contributed by atoms with Crippen molar-refractivity contribution in [2.24, 2.45) is 11.8 Å². The fourth-order valence-electron chi connectivity index (χ4n) is 3.78. The van der Waals surface area contributed by atoms with Crippen LogP contribution in [0.25, 0.3) is 0 Å². The summed E-state index contributed by atoms with van der Waals surface area (Å²) in [6.45, 7) is 2.66. The standard InChI is InChI=1S/C19H26N2O4/c1-24-13-14-4-3-9-20(11-14)19(23)15-10-18(22)21(12-15)16-5-7-17(25-2)8-6-16/h5-8,14-15H,3-4,9-13H2,1-2H3. The van der Waals surface area contributed by atoms with E-state index in [2.05, 4.69) is 0 Å². The molecule has 2 fully saturated rings. The van der Waals surface area contributed by atoms with E-state index in [9.17, 15) is 9.59 Å². The summed E-state index contributed by atoms with van der Waals surface area (Å²) in [4.78, 5) is 28.9. The minimum absolute atomic E-state index is 0.00830. The Labute approximate surface area is 148 Å². The Morgan fingerprint density at radius 3 is 2.64 bits per heavy atom. The summed E-state index contributed by atoms with van der Waals surface area (Å²) in [5, 5.41) is 0. The molecule has 0 aliphatic carbocycles. The third-order valence-corrected chi connectivity index (χ3v) is 5.09. The number of hydrogen-bond donors (Lipinski definition) is 0. The number of methoxy groups -OCH3 is 2. The third kappa shape index (κ3) is 3.95. The molecule has 2 unspecified atom stereocenters. The molecule has 2 aliphatic rings. The largest absolute Gasteiger partial charge is 0.497 e. The number of benzene rings is 1. The Morgan fingerprint density at radius 2 is 1.96 bits per heavy atom. The number of piperidine rings is 1.